The van der Waals surface area contributed by atoms with Gasteiger partial charge >= 0.3 is 0 Å². The molecule has 6 heteroatoms. The average Bonchev–Trinajstić information content (AvgIpc) is 2.37. The Bertz CT molecular complexity index is 457. The second kappa shape index (κ2) is 7.62. The fraction of sp³-hybridized carbons (Fsp3) is 0.429. The second-order valence-corrected chi connectivity index (χ2v) is 5.20. The second-order valence-electron chi connectivity index (χ2n) is 5.20. The van der Waals surface area contributed by atoms with E-state index in [2.05, 4.69) is 19.3 Å². The van der Waals surface area contributed by atoms with E-state index in [-0.39, 0.29) is 18.4 Å². The summed E-state index contributed by atoms with van der Waals surface area (Å²) in [6.45, 7) is 5.80. The minimum atomic E-state index is -0.343. The van der Waals surface area contributed by atoms with E-state index < -0.39 is 0 Å². The van der Waals surface area contributed by atoms with E-state index in [1.165, 1.54) is 0 Å². The zero-order chi connectivity index (χ0) is 15.1. The molecule has 0 aliphatic rings. The lowest BCUT2D eigenvalue weighted by Gasteiger charge is -2.22. The molecule has 0 radical (unpaired) electrons. The first-order valence-electron chi connectivity index (χ1n) is 6.53. The third-order valence-electron chi connectivity index (χ3n) is 2.76. The van der Waals surface area contributed by atoms with E-state index in [1.54, 1.807) is 12.1 Å². The van der Waals surface area contributed by atoms with Crippen LogP contribution in [0.25, 0.3) is 0 Å². The molecule has 5 N–H and O–H groups in total. The van der Waals surface area contributed by atoms with Gasteiger partial charge in [0, 0.05) is 18.7 Å². The zero-order valence-electron chi connectivity index (χ0n) is 11.9. The Balaban J connectivity index is 2.72. The van der Waals surface area contributed by atoms with E-state index in [9.17, 15) is 9.59 Å². The molecule has 110 valence electrons. The van der Waals surface area contributed by atoms with E-state index in [0.29, 0.717) is 18.0 Å². The van der Waals surface area contributed by atoms with Gasteiger partial charge in [-0.2, -0.15) is 0 Å². The van der Waals surface area contributed by atoms with E-state index in [4.69, 9.17) is 11.6 Å². The molecule has 0 saturated heterocycles. The number of hydrazine groups is 1. The molecule has 0 unspecified atom stereocenters. The summed E-state index contributed by atoms with van der Waals surface area (Å²) in [5, 5.41) is 0. The molecule has 0 aliphatic heterocycles. The lowest BCUT2D eigenvalue weighted by Crippen LogP contribution is -2.35. The number of nitrogen functional groups attached to an aromatic ring is 1. The van der Waals surface area contributed by atoms with Crippen LogP contribution >= 0.6 is 0 Å². The number of amides is 2. The molecule has 6 nitrogen and oxygen atoms in total. The quantitative estimate of drug-likeness (QED) is 0.377. The Morgan fingerprint density at radius 1 is 1.25 bits per heavy atom. The van der Waals surface area contributed by atoms with Gasteiger partial charge in [0.15, 0.2) is 0 Å². The summed E-state index contributed by atoms with van der Waals surface area (Å²) in [6.07, 6.45) is 0. The van der Waals surface area contributed by atoms with Crippen molar-refractivity contribution in [3.63, 3.8) is 0 Å². The summed E-state index contributed by atoms with van der Waals surface area (Å²) in [5.41, 5.74) is 8.86. The molecule has 0 heterocycles. The molecular weight excluding hydrogens is 256 g/mol. The molecule has 1 rings (SSSR count). The minimum absolute atomic E-state index is 0.225. The van der Waals surface area contributed by atoms with Crippen LogP contribution in [0.5, 0.6) is 0 Å². The van der Waals surface area contributed by atoms with Crippen molar-refractivity contribution in [3.8, 4) is 0 Å². The summed E-state index contributed by atoms with van der Waals surface area (Å²) in [4.78, 5) is 24.4. The summed E-state index contributed by atoms with van der Waals surface area (Å²) in [6, 6.07) is 7.10. The Hall–Kier alpha value is -1.92. The number of primary amides is 1. The van der Waals surface area contributed by atoms with Crippen LogP contribution in [0.3, 0.4) is 0 Å². The number of rotatable bonds is 7. The van der Waals surface area contributed by atoms with Crippen LogP contribution in [0, 0.1) is 5.92 Å². The number of nitrogens with zero attached hydrogens (tertiary/aromatic N) is 1. The van der Waals surface area contributed by atoms with Crippen molar-refractivity contribution in [2.45, 2.75) is 20.4 Å². The van der Waals surface area contributed by atoms with Crippen LogP contribution in [-0.2, 0) is 11.3 Å². The topological polar surface area (TPSA) is 101 Å². The highest BCUT2D eigenvalue weighted by molar-refractivity contribution is 5.93. The highest BCUT2D eigenvalue weighted by Crippen LogP contribution is 2.09. The number of carbonyl (C=O) groups excluding carboxylic acids is 2. The molecular formula is C14H22N4O2. The van der Waals surface area contributed by atoms with Crippen molar-refractivity contribution in [3.05, 3.63) is 35.4 Å². The van der Waals surface area contributed by atoms with Crippen LogP contribution in [0.1, 0.15) is 29.8 Å². The molecule has 1 aromatic carbocycles. The smallest absolute Gasteiger partial charge is 0.265 e. The maximum atomic E-state index is 11.3. The number of nitrogens with two attached hydrogens (primary N) is 2. The monoisotopic (exact) mass is 278 g/mol. The molecule has 0 aliphatic carbocycles. The highest BCUT2D eigenvalue weighted by Gasteiger charge is 2.11. The molecule has 0 atom stereocenters. The first-order valence-corrected chi connectivity index (χ1v) is 6.53. The number of benzene rings is 1. The molecule has 0 aromatic heterocycles. The summed E-state index contributed by atoms with van der Waals surface area (Å²) in [7, 11) is 0. The molecule has 20 heavy (non-hydrogen) atoms. The Labute approximate surface area is 119 Å². The first kappa shape index (κ1) is 16.1. The van der Waals surface area contributed by atoms with Crippen LogP contribution < -0.4 is 17.0 Å². The Morgan fingerprint density at radius 3 is 2.30 bits per heavy atom. The fourth-order valence-electron chi connectivity index (χ4n) is 2.02. The van der Waals surface area contributed by atoms with Crippen molar-refractivity contribution in [2.75, 3.05) is 13.1 Å². The van der Waals surface area contributed by atoms with E-state index in [0.717, 1.165) is 12.1 Å². The highest BCUT2D eigenvalue weighted by atomic mass is 16.2. The van der Waals surface area contributed by atoms with Gasteiger partial charge < -0.3 is 5.73 Å². The summed E-state index contributed by atoms with van der Waals surface area (Å²) >= 11 is 0. The zero-order valence-corrected chi connectivity index (χ0v) is 11.9. The van der Waals surface area contributed by atoms with Crippen molar-refractivity contribution < 1.29 is 9.59 Å². The van der Waals surface area contributed by atoms with E-state index >= 15 is 0 Å². The lowest BCUT2D eigenvalue weighted by atomic mass is 10.1. The van der Waals surface area contributed by atoms with Crippen molar-refractivity contribution in [1.29, 1.82) is 0 Å². The van der Waals surface area contributed by atoms with Crippen LogP contribution in [0.2, 0.25) is 0 Å². The molecule has 0 fully saturated rings. The van der Waals surface area contributed by atoms with Crippen molar-refractivity contribution >= 4 is 11.8 Å². The number of hydrogen-bond acceptors (Lipinski definition) is 4. The number of hydrogen-bond donors (Lipinski definition) is 3. The van der Waals surface area contributed by atoms with Crippen LogP contribution in [0.15, 0.2) is 24.3 Å². The Kier molecular flexibility index (Phi) is 6.14. The average molecular weight is 278 g/mol. The maximum Gasteiger partial charge on any atom is 0.265 e. The van der Waals surface area contributed by atoms with Crippen LogP contribution in [-0.4, -0.2) is 29.8 Å². The van der Waals surface area contributed by atoms with Gasteiger partial charge in [-0.05, 0) is 23.6 Å². The van der Waals surface area contributed by atoms with Gasteiger partial charge in [-0.3, -0.25) is 19.9 Å². The predicted molar refractivity (Wildman–Crippen MR) is 77.4 cm³/mol. The first-order chi connectivity index (χ1) is 9.42. The minimum Gasteiger partial charge on any atom is -0.369 e. The largest absolute Gasteiger partial charge is 0.369 e. The van der Waals surface area contributed by atoms with Gasteiger partial charge in [0.2, 0.25) is 5.91 Å². The fourth-order valence-corrected chi connectivity index (χ4v) is 2.02. The molecule has 2 amide bonds. The van der Waals surface area contributed by atoms with Gasteiger partial charge in [0.05, 0.1) is 6.54 Å². The Morgan fingerprint density at radius 2 is 1.85 bits per heavy atom. The lowest BCUT2D eigenvalue weighted by molar-refractivity contribution is -0.119. The summed E-state index contributed by atoms with van der Waals surface area (Å²) in [5.74, 6) is 4.85. The van der Waals surface area contributed by atoms with Gasteiger partial charge in [-0.1, -0.05) is 26.0 Å². The third-order valence-corrected chi connectivity index (χ3v) is 2.76. The molecule has 0 spiro atoms. The normalized spacial score (nSPS) is 10.8. The maximum absolute atomic E-state index is 11.3. The van der Waals surface area contributed by atoms with Gasteiger partial charge in [-0.25, -0.2) is 5.84 Å². The molecule has 0 saturated carbocycles. The molecule has 1 aromatic rings. The predicted octanol–water partition coefficient (Wildman–Crippen LogP) is 0.233. The van der Waals surface area contributed by atoms with Gasteiger partial charge in [0.25, 0.3) is 5.91 Å². The van der Waals surface area contributed by atoms with Gasteiger partial charge in [0.1, 0.15) is 0 Å². The number of nitrogens with one attached hydrogen (secondary N) is 1. The summed E-state index contributed by atoms with van der Waals surface area (Å²) < 4.78 is 0. The standard InChI is InChI=1S/C14H22N4O2/c1-10(2)7-18(9-13(15)19)8-11-3-5-12(6-4-11)14(20)17-16/h3-6,10H,7-9,16H2,1-2H3,(H2,15,19)(H,17,20). The van der Waals surface area contributed by atoms with Gasteiger partial charge in [-0.15, -0.1) is 0 Å². The molecule has 0 bridgehead atoms. The SMILES string of the molecule is CC(C)CN(CC(N)=O)Cc1ccc(C(=O)NN)cc1. The van der Waals surface area contributed by atoms with E-state index in [1.807, 2.05) is 17.0 Å². The third kappa shape index (κ3) is 5.38. The van der Waals surface area contributed by atoms with Crippen molar-refractivity contribution in [2.24, 2.45) is 17.5 Å². The van der Waals surface area contributed by atoms with Crippen molar-refractivity contribution in [1.82, 2.24) is 10.3 Å². The number of carbonyl (C=O) groups is 2. The van der Waals surface area contributed by atoms with Crippen LogP contribution in [0.4, 0.5) is 0 Å².